The van der Waals surface area contributed by atoms with Crippen LogP contribution in [-0.2, 0) is 6.61 Å². The van der Waals surface area contributed by atoms with Crippen LogP contribution in [0.25, 0.3) is 11.4 Å². The van der Waals surface area contributed by atoms with Gasteiger partial charge in [-0.1, -0.05) is 29.4 Å². The number of benzene rings is 2. The maximum Gasteiger partial charge on any atom is 0.264 e. The van der Waals surface area contributed by atoms with Crippen molar-refractivity contribution in [1.82, 2.24) is 10.1 Å². The Morgan fingerprint density at radius 2 is 1.52 bits per heavy atom. The average molecular weight is 312 g/mol. The fraction of sp³-hybridized carbons (Fsp3) is 0.176. The number of methoxy groups -OCH3 is 2. The Morgan fingerprint density at radius 3 is 2.26 bits per heavy atom. The van der Waals surface area contributed by atoms with Crippen molar-refractivity contribution in [2.24, 2.45) is 0 Å². The molecular formula is C17H16N2O4. The largest absolute Gasteiger partial charge is 0.496 e. The molecule has 0 radical (unpaired) electrons. The second-order valence-electron chi connectivity index (χ2n) is 4.65. The summed E-state index contributed by atoms with van der Waals surface area (Å²) in [6.45, 7) is 0.155. The Bertz CT molecular complexity index is 786. The van der Waals surface area contributed by atoms with Gasteiger partial charge in [-0.15, -0.1) is 0 Å². The second kappa shape index (κ2) is 6.83. The lowest BCUT2D eigenvalue weighted by molar-refractivity contribution is 0.233. The van der Waals surface area contributed by atoms with Crippen molar-refractivity contribution in [2.75, 3.05) is 14.2 Å². The van der Waals surface area contributed by atoms with E-state index in [-0.39, 0.29) is 6.61 Å². The molecule has 0 N–H and O–H groups in total. The Morgan fingerprint density at radius 1 is 0.870 bits per heavy atom. The molecule has 6 heteroatoms. The number of aromatic nitrogens is 2. The van der Waals surface area contributed by atoms with Crippen LogP contribution >= 0.6 is 0 Å². The third-order valence-corrected chi connectivity index (χ3v) is 3.24. The Balaban J connectivity index is 1.75. The fourth-order valence-electron chi connectivity index (χ4n) is 2.13. The maximum atomic E-state index is 5.67. The highest BCUT2D eigenvalue weighted by molar-refractivity contribution is 5.63. The lowest BCUT2D eigenvalue weighted by atomic mass is 10.2. The highest BCUT2D eigenvalue weighted by Crippen LogP contribution is 2.28. The first-order valence-corrected chi connectivity index (χ1v) is 7.03. The summed E-state index contributed by atoms with van der Waals surface area (Å²) in [4.78, 5) is 4.34. The van der Waals surface area contributed by atoms with Crippen LogP contribution < -0.4 is 14.2 Å². The number of para-hydroxylation sites is 3. The first kappa shape index (κ1) is 14.9. The monoisotopic (exact) mass is 312 g/mol. The van der Waals surface area contributed by atoms with Gasteiger partial charge in [-0.05, 0) is 24.3 Å². The first-order valence-electron chi connectivity index (χ1n) is 7.03. The summed E-state index contributed by atoms with van der Waals surface area (Å²) >= 11 is 0. The second-order valence-corrected chi connectivity index (χ2v) is 4.65. The van der Waals surface area contributed by atoms with E-state index >= 15 is 0 Å². The normalized spacial score (nSPS) is 10.3. The number of nitrogens with zero attached hydrogens (tertiary/aromatic N) is 2. The molecule has 3 rings (SSSR count). The molecule has 0 fully saturated rings. The number of hydrogen-bond donors (Lipinski definition) is 0. The highest BCUT2D eigenvalue weighted by atomic mass is 16.5. The standard InChI is InChI=1S/C17H16N2O4/c1-20-13-8-4-3-7-12(13)17-18-16(23-19-17)11-22-15-10-6-5-9-14(15)21-2/h3-10H,11H2,1-2H3. The van der Waals surface area contributed by atoms with E-state index < -0.39 is 0 Å². The van der Waals surface area contributed by atoms with E-state index in [4.69, 9.17) is 18.7 Å². The molecule has 0 aliphatic rings. The van der Waals surface area contributed by atoms with Crippen molar-refractivity contribution in [3.63, 3.8) is 0 Å². The molecule has 0 unspecified atom stereocenters. The molecule has 3 aromatic rings. The van der Waals surface area contributed by atoms with Gasteiger partial charge in [0.15, 0.2) is 18.1 Å². The van der Waals surface area contributed by atoms with Crippen molar-refractivity contribution >= 4 is 0 Å². The van der Waals surface area contributed by atoms with Gasteiger partial charge in [0, 0.05) is 0 Å². The minimum atomic E-state index is 0.155. The van der Waals surface area contributed by atoms with Crippen molar-refractivity contribution in [3.8, 4) is 28.6 Å². The van der Waals surface area contributed by atoms with Crippen LogP contribution in [0.2, 0.25) is 0 Å². The van der Waals surface area contributed by atoms with Gasteiger partial charge in [0.1, 0.15) is 5.75 Å². The third-order valence-electron chi connectivity index (χ3n) is 3.24. The SMILES string of the molecule is COc1ccccc1OCc1nc(-c2ccccc2OC)no1. The summed E-state index contributed by atoms with van der Waals surface area (Å²) < 4.78 is 21.4. The van der Waals surface area contributed by atoms with Gasteiger partial charge in [0.2, 0.25) is 5.82 Å². The Hall–Kier alpha value is -3.02. The van der Waals surface area contributed by atoms with E-state index in [2.05, 4.69) is 10.1 Å². The van der Waals surface area contributed by atoms with E-state index in [0.29, 0.717) is 29.0 Å². The summed E-state index contributed by atoms with van der Waals surface area (Å²) in [6.07, 6.45) is 0. The fourth-order valence-corrected chi connectivity index (χ4v) is 2.13. The molecule has 0 atom stereocenters. The van der Waals surface area contributed by atoms with Crippen molar-refractivity contribution in [3.05, 3.63) is 54.4 Å². The minimum absolute atomic E-state index is 0.155. The van der Waals surface area contributed by atoms with Crippen LogP contribution in [0.4, 0.5) is 0 Å². The van der Waals surface area contributed by atoms with Crippen molar-refractivity contribution in [1.29, 1.82) is 0 Å². The summed E-state index contributed by atoms with van der Waals surface area (Å²) in [7, 11) is 3.19. The highest BCUT2D eigenvalue weighted by Gasteiger charge is 2.13. The maximum absolute atomic E-state index is 5.67. The summed E-state index contributed by atoms with van der Waals surface area (Å²) in [6, 6.07) is 14.9. The number of rotatable bonds is 6. The van der Waals surface area contributed by atoms with Gasteiger partial charge >= 0.3 is 0 Å². The van der Waals surface area contributed by atoms with E-state index in [9.17, 15) is 0 Å². The van der Waals surface area contributed by atoms with Gasteiger partial charge < -0.3 is 18.7 Å². The molecule has 0 aliphatic heterocycles. The summed E-state index contributed by atoms with van der Waals surface area (Å²) in [5, 5.41) is 3.97. The predicted molar refractivity (Wildman–Crippen MR) is 83.6 cm³/mol. The van der Waals surface area contributed by atoms with Gasteiger partial charge in [0.05, 0.1) is 19.8 Å². The van der Waals surface area contributed by atoms with E-state index in [1.54, 1.807) is 14.2 Å². The van der Waals surface area contributed by atoms with E-state index in [0.717, 1.165) is 5.56 Å². The van der Waals surface area contributed by atoms with Crippen LogP contribution in [0.15, 0.2) is 53.1 Å². The van der Waals surface area contributed by atoms with Gasteiger partial charge in [0.25, 0.3) is 5.89 Å². The third kappa shape index (κ3) is 3.26. The molecule has 0 bridgehead atoms. The zero-order valence-corrected chi connectivity index (χ0v) is 12.9. The van der Waals surface area contributed by atoms with Crippen LogP contribution in [0.5, 0.6) is 17.2 Å². The lowest BCUT2D eigenvalue weighted by Crippen LogP contribution is -1.98. The molecule has 2 aromatic carbocycles. The molecule has 1 aromatic heterocycles. The molecule has 0 aliphatic carbocycles. The molecule has 23 heavy (non-hydrogen) atoms. The van der Waals surface area contributed by atoms with E-state index in [1.807, 2.05) is 48.5 Å². The predicted octanol–water partition coefficient (Wildman–Crippen LogP) is 3.33. The average Bonchev–Trinajstić information content (AvgIpc) is 3.09. The van der Waals surface area contributed by atoms with Crippen LogP contribution in [0.1, 0.15) is 5.89 Å². The zero-order valence-electron chi connectivity index (χ0n) is 12.9. The summed E-state index contributed by atoms with van der Waals surface area (Å²) in [5.41, 5.74) is 0.766. The number of ether oxygens (including phenoxy) is 3. The van der Waals surface area contributed by atoms with Gasteiger partial charge in [-0.2, -0.15) is 4.98 Å². The number of hydrogen-bond acceptors (Lipinski definition) is 6. The lowest BCUT2D eigenvalue weighted by Gasteiger charge is -2.07. The summed E-state index contributed by atoms with van der Waals surface area (Å²) in [5.74, 6) is 2.78. The molecule has 118 valence electrons. The molecule has 0 amide bonds. The van der Waals surface area contributed by atoms with Crippen LogP contribution in [0.3, 0.4) is 0 Å². The molecule has 0 spiro atoms. The molecule has 0 saturated heterocycles. The van der Waals surface area contributed by atoms with Crippen LogP contribution in [0, 0.1) is 0 Å². The minimum Gasteiger partial charge on any atom is -0.496 e. The van der Waals surface area contributed by atoms with E-state index in [1.165, 1.54) is 0 Å². The first-order chi connectivity index (χ1) is 11.3. The smallest absolute Gasteiger partial charge is 0.264 e. The van der Waals surface area contributed by atoms with Crippen molar-refractivity contribution < 1.29 is 18.7 Å². The van der Waals surface area contributed by atoms with Gasteiger partial charge in [-0.25, -0.2) is 0 Å². The molecular weight excluding hydrogens is 296 g/mol. The zero-order chi connectivity index (χ0) is 16.1. The topological polar surface area (TPSA) is 66.6 Å². The van der Waals surface area contributed by atoms with Crippen LogP contribution in [-0.4, -0.2) is 24.4 Å². The molecule has 6 nitrogen and oxygen atoms in total. The van der Waals surface area contributed by atoms with Gasteiger partial charge in [-0.3, -0.25) is 0 Å². The molecule has 0 saturated carbocycles. The van der Waals surface area contributed by atoms with Crippen molar-refractivity contribution in [2.45, 2.75) is 6.61 Å². The Kier molecular flexibility index (Phi) is 4.42. The molecule has 1 heterocycles. The quantitative estimate of drug-likeness (QED) is 0.695. The Labute approximate surface area is 133 Å².